The number of nitrogens with one attached hydrogen (secondary N) is 2. The number of piperidine rings is 1. The zero-order valence-electron chi connectivity index (χ0n) is 16.0. The molecule has 2 aromatic rings. The Labute approximate surface area is 177 Å². The molecule has 0 atom stereocenters. The van der Waals surface area contributed by atoms with Crippen molar-refractivity contribution in [2.45, 2.75) is 26.2 Å². The number of hydrogen-bond donors (Lipinski definition) is 2. The van der Waals surface area contributed by atoms with Crippen molar-refractivity contribution >= 4 is 46.3 Å². The van der Waals surface area contributed by atoms with E-state index in [0.717, 1.165) is 17.8 Å². The molecule has 2 heterocycles. The van der Waals surface area contributed by atoms with Gasteiger partial charge < -0.3 is 15.5 Å². The van der Waals surface area contributed by atoms with Crippen LogP contribution in [0.5, 0.6) is 0 Å². The molecule has 3 amide bonds. The number of nitrogens with zero attached hydrogens (tertiary/aromatic N) is 3. The fourth-order valence-corrected chi connectivity index (χ4v) is 3.92. The number of anilines is 1. The zero-order chi connectivity index (χ0) is 20.8. The summed E-state index contributed by atoms with van der Waals surface area (Å²) in [7, 11) is 0. The monoisotopic (exact) mass is 435 g/mol. The average molecular weight is 436 g/mol. The van der Waals surface area contributed by atoms with Crippen molar-refractivity contribution < 1.29 is 14.4 Å². The minimum atomic E-state index is -0.449. The van der Waals surface area contributed by atoms with Crippen molar-refractivity contribution in [1.29, 1.82) is 0 Å². The molecular weight excluding hydrogens is 414 g/mol. The number of halogens is 1. The number of aromatic nitrogens is 2. The van der Waals surface area contributed by atoms with Crippen molar-refractivity contribution in [3.8, 4) is 0 Å². The first-order valence-corrected chi connectivity index (χ1v) is 10.6. The lowest BCUT2D eigenvalue weighted by molar-refractivity contribution is -0.126. The van der Waals surface area contributed by atoms with E-state index in [0.29, 0.717) is 43.2 Å². The van der Waals surface area contributed by atoms with Crippen LogP contribution in [-0.4, -0.2) is 52.5 Å². The van der Waals surface area contributed by atoms with Crippen LogP contribution in [0.2, 0.25) is 5.02 Å². The van der Waals surface area contributed by atoms with Crippen molar-refractivity contribution in [3.05, 3.63) is 39.3 Å². The molecule has 2 N–H and O–H groups in total. The molecule has 0 bridgehead atoms. The highest BCUT2D eigenvalue weighted by Gasteiger charge is 2.29. The van der Waals surface area contributed by atoms with Crippen LogP contribution < -0.4 is 10.6 Å². The highest BCUT2D eigenvalue weighted by Crippen LogP contribution is 2.21. The average Bonchev–Trinajstić information content (AvgIpc) is 3.22. The molecule has 1 fully saturated rings. The Morgan fingerprint density at radius 1 is 1.21 bits per heavy atom. The van der Waals surface area contributed by atoms with E-state index in [2.05, 4.69) is 20.8 Å². The van der Waals surface area contributed by atoms with Gasteiger partial charge in [0.1, 0.15) is 0 Å². The van der Waals surface area contributed by atoms with E-state index in [1.807, 2.05) is 6.92 Å². The Bertz CT molecular complexity index is 895. The SMILES string of the molecule is CCCNC(=O)C1CCN(C(=O)c2nnc(C(=O)Nc3cccc(Cl)c3)s2)CC1. The third kappa shape index (κ3) is 5.51. The molecule has 0 radical (unpaired) electrons. The van der Waals surface area contributed by atoms with E-state index < -0.39 is 5.91 Å². The van der Waals surface area contributed by atoms with E-state index >= 15 is 0 Å². The van der Waals surface area contributed by atoms with Crippen LogP contribution in [0, 0.1) is 5.92 Å². The van der Waals surface area contributed by atoms with Gasteiger partial charge in [-0.3, -0.25) is 14.4 Å². The van der Waals surface area contributed by atoms with Crippen molar-refractivity contribution in [2.75, 3.05) is 25.0 Å². The quantitative estimate of drug-likeness (QED) is 0.725. The van der Waals surface area contributed by atoms with E-state index in [9.17, 15) is 14.4 Å². The summed E-state index contributed by atoms with van der Waals surface area (Å²) in [6, 6.07) is 6.75. The van der Waals surface area contributed by atoms with Crippen molar-refractivity contribution in [2.24, 2.45) is 5.92 Å². The molecule has 0 aliphatic carbocycles. The van der Waals surface area contributed by atoms with Crippen molar-refractivity contribution in [3.63, 3.8) is 0 Å². The standard InChI is InChI=1S/C19H22ClN5O3S/c1-2-8-21-15(26)12-6-9-25(10-7-12)19(28)18-24-23-17(29-18)16(27)22-14-5-3-4-13(20)11-14/h3-5,11-12H,2,6-10H2,1H3,(H,21,26)(H,22,27). The third-order valence-electron chi connectivity index (χ3n) is 4.59. The molecule has 0 unspecified atom stereocenters. The Morgan fingerprint density at radius 3 is 2.62 bits per heavy atom. The molecule has 154 valence electrons. The summed E-state index contributed by atoms with van der Waals surface area (Å²) in [5.74, 6) is -0.735. The predicted octanol–water partition coefficient (Wildman–Crippen LogP) is 2.82. The van der Waals surface area contributed by atoms with Crippen LogP contribution in [0.4, 0.5) is 5.69 Å². The number of amides is 3. The first-order valence-electron chi connectivity index (χ1n) is 9.45. The van der Waals surface area contributed by atoms with Crippen LogP contribution in [0.1, 0.15) is 45.8 Å². The van der Waals surface area contributed by atoms with Crippen LogP contribution in [0.15, 0.2) is 24.3 Å². The number of carbonyl (C=O) groups excluding carboxylic acids is 3. The molecule has 1 aromatic heterocycles. The molecule has 8 nitrogen and oxygen atoms in total. The van der Waals surface area contributed by atoms with E-state index in [1.165, 1.54) is 0 Å². The van der Waals surface area contributed by atoms with Crippen LogP contribution in [0.3, 0.4) is 0 Å². The maximum Gasteiger partial charge on any atom is 0.286 e. The van der Waals surface area contributed by atoms with Crippen molar-refractivity contribution in [1.82, 2.24) is 20.4 Å². The lowest BCUT2D eigenvalue weighted by Gasteiger charge is -2.30. The van der Waals surface area contributed by atoms with Crippen LogP contribution in [-0.2, 0) is 4.79 Å². The number of likely N-dealkylation sites (tertiary alicyclic amines) is 1. The van der Waals surface area contributed by atoms with Gasteiger partial charge in [0.2, 0.25) is 15.9 Å². The fraction of sp³-hybridized carbons (Fsp3) is 0.421. The van der Waals surface area contributed by atoms with Crippen LogP contribution >= 0.6 is 22.9 Å². The van der Waals surface area contributed by atoms with E-state index in [4.69, 9.17) is 11.6 Å². The molecular formula is C19H22ClN5O3S. The Morgan fingerprint density at radius 2 is 1.93 bits per heavy atom. The fourth-order valence-electron chi connectivity index (χ4n) is 3.02. The summed E-state index contributed by atoms with van der Waals surface area (Å²) in [6.07, 6.45) is 2.12. The highest BCUT2D eigenvalue weighted by molar-refractivity contribution is 7.15. The Hall–Kier alpha value is -2.52. The highest BCUT2D eigenvalue weighted by atomic mass is 35.5. The van der Waals surface area contributed by atoms with Gasteiger partial charge in [0.25, 0.3) is 11.8 Å². The number of hydrogen-bond acceptors (Lipinski definition) is 6. The van der Waals surface area contributed by atoms with E-state index in [1.54, 1.807) is 29.2 Å². The van der Waals surface area contributed by atoms with E-state index in [-0.39, 0.29) is 27.7 Å². The summed E-state index contributed by atoms with van der Waals surface area (Å²) in [5, 5.41) is 14.1. The van der Waals surface area contributed by atoms with Gasteiger partial charge in [-0.1, -0.05) is 35.9 Å². The smallest absolute Gasteiger partial charge is 0.286 e. The topological polar surface area (TPSA) is 104 Å². The normalized spacial score (nSPS) is 14.5. The molecule has 1 aromatic carbocycles. The van der Waals surface area contributed by atoms with Gasteiger partial charge in [-0.25, -0.2) is 0 Å². The first kappa shape index (κ1) is 21.2. The minimum absolute atomic E-state index is 0.0508. The largest absolute Gasteiger partial charge is 0.356 e. The zero-order valence-corrected chi connectivity index (χ0v) is 17.6. The lowest BCUT2D eigenvalue weighted by atomic mass is 9.96. The molecule has 1 aliphatic heterocycles. The maximum atomic E-state index is 12.7. The number of benzene rings is 1. The number of carbonyl (C=O) groups is 3. The summed E-state index contributed by atoms with van der Waals surface area (Å²) in [4.78, 5) is 38.7. The van der Waals surface area contributed by atoms with Gasteiger partial charge in [-0.2, -0.15) is 0 Å². The second-order valence-corrected chi connectivity index (χ2v) is 8.15. The predicted molar refractivity (Wildman–Crippen MR) is 111 cm³/mol. The second kappa shape index (κ2) is 9.80. The minimum Gasteiger partial charge on any atom is -0.356 e. The molecule has 1 aliphatic rings. The molecule has 3 rings (SSSR count). The summed E-state index contributed by atoms with van der Waals surface area (Å²) in [6.45, 7) is 3.63. The van der Waals surface area contributed by atoms with Gasteiger partial charge in [-0.15, -0.1) is 10.2 Å². The van der Waals surface area contributed by atoms with Gasteiger partial charge in [0.15, 0.2) is 0 Å². The van der Waals surface area contributed by atoms with Gasteiger partial charge >= 0.3 is 0 Å². The molecule has 1 saturated heterocycles. The number of rotatable bonds is 6. The third-order valence-corrected chi connectivity index (χ3v) is 5.73. The molecule has 0 spiro atoms. The Kier molecular flexibility index (Phi) is 7.16. The summed E-state index contributed by atoms with van der Waals surface area (Å²) < 4.78 is 0. The molecule has 10 heteroatoms. The summed E-state index contributed by atoms with van der Waals surface area (Å²) >= 11 is 6.86. The van der Waals surface area contributed by atoms with Gasteiger partial charge in [-0.05, 0) is 37.5 Å². The molecule has 29 heavy (non-hydrogen) atoms. The molecule has 0 saturated carbocycles. The summed E-state index contributed by atoms with van der Waals surface area (Å²) in [5.41, 5.74) is 0.536. The lowest BCUT2D eigenvalue weighted by Crippen LogP contribution is -2.43. The maximum absolute atomic E-state index is 12.7. The second-order valence-electron chi connectivity index (χ2n) is 6.73. The Balaban J connectivity index is 1.55. The van der Waals surface area contributed by atoms with Gasteiger partial charge in [0, 0.05) is 36.3 Å². The van der Waals surface area contributed by atoms with Gasteiger partial charge in [0.05, 0.1) is 0 Å². The first-order chi connectivity index (χ1) is 14.0. The van der Waals surface area contributed by atoms with Crippen LogP contribution in [0.25, 0.3) is 0 Å².